The molecule has 27 heavy (non-hydrogen) atoms. The summed E-state index contributed by atoms with van der Waals surface area (Å²) in [5.74, 6) is -0.502. The highest BCUT2D eigenvalue weighted by Gasteiger charge is 2.25. The van der Waals surface area contributed by atoms with E-state index in [-0.39, 0.29) is 12.5 Å². The maximum absolute atomic E-state index is 12.6. The average molecular weight is 368 g/mol. The van der Waals surface area contributed by atoms with Crippen molar-refractivity contribution in [1.29, 1.82) is 0 Å². The number of carbonyl (C=O) groups excluding carboxylic acids is 2. The Morgan fingerprint density at radius 1 is 0.963 bits per heavy atom. The largest absolute Gasteiger partial charge is 0.459 e. The van der Waals surface area contributed by atoms with Crippen molar-refractivity contribution in [2.75, 3.05) is 0 Å². The smallest absolute Gasteiger partial charge is 0.329 e. The fraction of sp³-hybridized carbons (Fsp3) is 0.364. The van der Waals surface area contributed by atoms with Crippen molar-refractivity contribution in [3.8, 4) is 0 Å². The van der Waals surface area contributed by atoms with E-state index in [9.17, 15) is 9.59 Å². The van der Waals surface area contributed by atoms with Gasteiger partial charge in [-0.3, -0.25) is 4.79 Å². The molecule has 0 spiro atoms. The summed E-state index contributed by atoms with van der Waals surface area (Å²) in [4.78, 5) is 25.0. The molecule has 3 N–H and O–H groups in total. The van der Waals surface area contributed by atoms with Crippen LogP contribution in [0.25, 0.3) is 0 Å². The van der Waals surface area contributed by atoms with Crippen molar-refractivity contribution in [3.63, 3.8) is 0 Å². The molecule has 0 bridgehead atoms. The third kappa shape index (κ3) is 7.23. The Kier molecular flexibility index (Phi) is 8.01. The predicted octanol–water partition coefficient (Wildman–Crippen LogP) is 2.83. The molecule has 0 aromatic heterocycles. The van der Waals surface area contributed by atoms with E-state index in [4.69, 9.17) is 10.5 Å². The van der Waals surface area contributed by atoms with Crippen LogP contribution >= 0.6 is 0 Å². The number of hydrogen-bond donors (Lipinski definition) is 2. The van der Waals surface area contributed by atoms with Crippen LogP contribution in [0.1, 0.15) is 31.4 Å². The molecule has 0 aliphatic carbocycles. The van der Waals surface area contributed by atoms with Gasteiger partial charge < -0.3 is 15.8 Å². The number of ether oxygens (including phenoxy) is 1. The number of benzene rings is 2. The molecule has 0 saturated heterocycles. The summed E-state index contributed by atoms with van der Waals surface area (Å²) in [6.45, 7) is 4.17. The van der Waals surface area contributed by atoms with Gasteiger partial charge >= 0.3 is 5.97 Å². The minimum atomic E-state index is -0.776. The van der Waals surface area contributed by atoms with Crippen molar-refractivity contribution in [2.24, 2.45) is 11.7 Å². The third-order valence-electron chi connectivity index (χ3n) is 4.17. The van der Waals surface area contributed by atoms with Gasteiger partial charge in [0.2, 0.25) is 5.91 Å². The Morgan fingerprint density at radius 2 is 1.52 bits per heavy atom. The van der Waals surface area contributed by atoms with Crippen LogP contribution < -0.4 is 11.1 Å². The SMILES string of the molecule is CC(C)CC(N)C(=O)NC(Cc1ccccc1)C(=O)OCc1ccccc1. The summed E-state index contributed by atoms with van der Waals surface area (Å²) in [5.41, 5.74) is 7.80. The second-order valence-electron chi connectivity index (χ2n) is 7.08. The standard InChI is InChI=1S/C22H28N2O3/c1-16(2)13-19(23)21(25)24-20(14-17-9-5-3-6-10-17)22(26)27-15-18-11-7-4-8-12-18/h3-12,16,19-20H,13-15,23H2,1-2H3,(H,24,25). The summed E-state index contributed by atoms with van der Waals surface area (Å²) >= 11 is 0. The molecule has 5 nitrogen and oxygen atoms in total. The van der Waals surface area contributed by atoms with Gasteiger partial charge in [-0.15, -0.1) is 0 Å². The minimum absolute atomic E-state index is 0.166. The second kappa shape index (κ2) is 10.5. The second-order valence-corrected chi connectivity index (χ2v) is 7.08. The lowest BCUT2D eigenvalue weighted by Crippen LogP contribution is -2.50. The van der Waals surface area contributed by atoms with Crippen LogP contribution in [0, 0.1) is 5.92 Å². The summed E-state index contributed by atoms with van der Waals surface area (Å²) < 4.78 is 5.43. The lowest BCUT2D eigenvalue weighted by Gasteiger charge is -2.21. The van der Waals surface area contributed by atoms with E-state index in [1.165, 1.54) is 0 Å². The zero-order valence-electron chi connectivity index (χ0n) is 15.9. The Bertz CT molecular complexity index is 717. The molecule has 0 aliphatic rings. The molecule has 2 aromatic rings. The zero-order chi connectivity index (χ0) is 19.6. The molecule has 1 amide bonds. The van der Waals surface area contributed by atoms with Crippen molar-refractivity contribution in [3.05, 3.63) is 71.8 Å². The van der Waals surface area contributed by atoms with Crippen LogP contribution in [-0.4, -0.2) is 24.0 Å². The lowest BCUT2D eigenvalue weighted by atomic mass is 10.0. The number of nitrogens with two attached hydrogens (primary N) is 1. The van der Waals surface area contributed by atoms with E-state index < -0.39 is 18.1 Å². The minimum Gasteiger partial charge on any atom is -0.459 e. The molecular formula is C22H28N2O3. The maximum atomic E-state index is 12.6. The molecule has 0 heterocycles. The Morgan fingerprint density at radius 3 is 2.07 bits per heavy atom. The van der Waals surface area contributed by atoms with Gasteiger partial charge in [0.25, 0.3) is 0 Å². The van der Waals surface area contributed by atoms with E-state index in [1.807, 2.05) is 74.5 Å². The fourth-order valence-electron chi connectivity index (χ4n) is 2.77. The summed E-state index contributed by atoms with van der Waals surface area (Å²) in [6.07, 6.45) is 0.914. The van der Waals surface area contributed by atoms with E-state index in [2.05, 4.69) is 5.32 Å². The van der Waals surface area contributed by atoms with Gasteiger partial charge in [-0.1, -0.05) is 74.5 Å². The monoisotopic (exact) mass is 368 g/mol. The Labute approximate surface area is 160 Å². The van der Waals surface area contributed by atoms with Gasteiger partial charge in [0.15, 0.2) is 0 Å². The van der Waals surface area contributed by atoms with Crippen LogP contribution in [-0.2, 0) is 27.4 Å². The van der Waals surface area contributed by atoms with Crippen LogP contribution in [0.4, 0.5) is 0 Å². The molecule has 0 aliphatic heterocycles. The molecule has 2 atom stereocenters. The highest BCUT2D eigenvalue weighted by molar-refractivity contribution is 5.87. The molecule has 2 unspecified atom stereocenters. The van der Waals surface area contributed by atoms with Crippen molar-refractivity contribution in [2.45, 2.75) is 45.4 Å². The molecular weight excluding hydrogens is 340 g/mol. The lowest BCUT2D eigenvalue weighted by molar-refractivity contribution is -0.149. The first kappa shape index (κ1) is 20.6. The summed E-state index contributed by atoms with van der Waals surface area (Å²) in [7, 11) is 0. The number of rotatable bonds is 9. The molecule has 0 radical (unpaired) electrons. The molecule has 0 fully saturated rings. The van der Waals surface area contributed by atoms with E-state index in [1.54, 1.807) is 0 Å². The van der Waals surface area contributed by atoms with Crippen molar-refractivity contribution < 1.29 is 14.3 Å². The third-order valence-corrected chi connectivity index (χ3v) is 4.17. The number of hydrogen-bond acceptors (Lipinski definition) is 4. The van der Waals surface area contributed by atoms with Gasteiger partial charge in [-0.25, -0.2) is 4.79 Å². The van der Waals surface area contributed by atoms with E-state index >= 15 is 0 Å². The molecule has 2 aromatic carbocycles. The van der Waals surface area contributed by atoms with Crippen LogP contribution in [0.15, 0.2) is 60.7 Å². The maximum Gasteiger partial charge on any atom is 0.329 e. The summed E-state index contributed by atoms with van der Waals surface area (Å²) in [5, 5.41) is 2.77. The van der Waals surface area contributed by atoms with Gasteiger partial charge in [0.1, 0.15) is 12.6 Å². The number of esters is 1. The topological polar surface area (TPSA) is 81.4 Å². The predicted molar refractivity (Wildman–Crippen MR) is 106 cm³/mol. The molecule has 5 heteroatoms. The van der Waals surface area contributed by atoms with Crippen LogP contribution in [0.5, 0.6) is 0 Å². The van der Waals surface area contributed by atoms with Crippen LogP contribution in [0.3, 0.4) is 0 Å². The number of carbonyl (C=O) groups is 2. The van der Waals surface area contributed by atoms with Gasteiger partial charge in [0.05, 0.1) is 6.04 Å². The quantitative estimate of drug-likeness (QED) is 0.667. The van der Waals surface area contributed by atoms with Crippen molar-refractivity contribution in [1.82, 2.24) is 5.32 Å². The first-order valence-corrected chi connectivity index (χ1v) is 9.26. The first-order valence-electron chi connectivity index (χ1n) is 9.26. The van der Waals surface area contributed by atoms with Gasteiger partial charge in [0, 0.05) is 6.42 Å². The highest BCUT2D eigenvalue weighted by atomic mass is 16.5. The molecule has 0 saturated carbocycles. The van der Waals surface area contributed by atoms with Crippen molar-refractivity contribution >= 4 is 11.9 Å². The first-order chi connectivity index (χ1) is 13.0. The van der Waals surface area contributed by atoms with Gasteiger partial charge in [-0.2, -0.15) is 0 Å². The molecule has 2 rings (SSSR count). The normalized spacial score (nSPS) is 13.0. The number of amides is 1. The van der Waals surface area contributed by atoms with Crippen LogP contribution in [0.2, 0.25) is 0 Å². The highest BCUT2D eigenvalue weighted by Crippen LogP contribution is 2.09. The molecule has 144 valence electrons. The number of nitrogens with one attached hydrogen (secondary N) is 1. The van der Waals surface area contributed by atoms with Gasteiger partial charge in [-0.05, 0) is 23.5 Å². The fourth-order valence-corrected chi connectivity index (χ4v) is 2.77. The summed E-state index contributed by atoms with van der Waals surface area (Å²) in [6, 6.07) is 17.6. The Balaban J connectivity index is 2.03. The Hall–Kier alpha value is -2.66. The van der Waals surface area contributed by atoms with E-state index in [0.29, 0.717) is 18.8 Å². The van der Waals surface area contributed by atoms with E-state index in [0.717, 1.165) is 11.1 Å². The zero-order valence-corrected chi connectivity index (χ0v) is 15.9. The average Bonchev–Trinajstić information content (AvgIpc) is 2.66.